The number of unbranched alkanes of at least 4 members (excludes halogenated alkanes) is 2. The van der Waals surface area contributed by atoms with Crippen molar-refractivity contribution in [2.24, 2.45) is 5.92 Å². The summed E-state index contributed by atoms with van der Waals surface area (Å²) >= 11 is 0. The maximum Gasteiger partial charge on any atom is 0.355 e. The Morgan fingerprint density at radius 3 is 2.60 bits per heavy atom. The second-order valence-electron chi connectivity index (χ2n) is 5.95. The molecule has 1 heterocycles. The minimum Gasteiger partial charge on any atom is -0.476 e. The average molecular weight is 281 g/mol. The van der Waals surface area contributed by atoms with Crippen LogP contribution in [0.2, 0.25) is 0 Å². The van der Waals surface area contributed by atoms with Crippen molar-refractivity contribution in [1.82, 2.24) is 4.98 Å². The lowest BCUT2D eigenvalue weighted by Crippen LogP contribution is -2.14. The number of H-pyrrole nitrogens is 1. The number of hydrogen-bond donors (Lipinski definition) is 2. The van der Waals surface area contributed by atoms with Crippen LogP contribution in [0, 0.1) is 11.7 Å². The van der Waals surface area contributed by atoms with E-state index in [-0.39, 0.29) is 11.6 Å². The third kappa shape index (κ3) is 3.41. The molecule has 3 nitrogen and oxygen atoms in total. The first-order chi connectivity index (χ1) is 9.63. The second kappa shape index (κ2) is 6.91. The molecule has 4 heteroatoms. The van der Waals surface area contributed by atoms with Crippen LogP contribution in [-0.2, 0) is 0 Å². The Morgan fingerprint density at radius 1 is 1.35 bits per heavy atom. The Labute approximate surface area is 119 Å². The van der Waals surface area contributed by atoms with Gasteiger partial charge >= 0.3 is 5.97 Å². The summed E-state index contributed by atoms with van der Waals surface area (Å²) in [5, 5.41) is 8.87. The molecule has 0 radical (unpaired) electrons. The van der Waals surface area contributed by atoms with Crippen LogP contribution >= 0.6 is 0 Å². The number of carboxylic acids is 1. The van der Waals surface area contributed by atoms with Crippen molar-refractivity contribution in [1.29, 1.82) is 0 Å². The summed E-state index contributed by atoms with van der Waals surface area (Å²) in [5.74, 6) is -0.825. The molecule has 0 unspecified atom stereocenters. The zero-order valence-corrected chi connectivity index (χ0v) is 12.1. The number of carboxylic acid groups (broad SMARTS) is 1. The smallest absolute Gasteiger partial charge is 0.355 e. The highest BCUT2D eigenvalue weighted by atomic mass is 19.1. The Bertz CT molecular complexity index is 447. The van der Waals surface area contributed by atoms with E-state index in [0.29, 0.717) is 5.56 Å². The van der Waals surface area contributed by atoms with E-state index >= 15 is 0 Å². The Kier molecular flexibility index (Phi) is 5.21. The topological polar surface area (TPSA) is 53.1 Å². The number of carbonyl (C=O) groups is 1. The van der Waals surface area contributed by atoms with Crippen molar-refractivity contribution in [3.05, 3.63) is 23.3 Å². The highest BCUT2D eigenvalue weighted by Crippen LogP contribution is 2.39. The fraction of sp³-hybridized carbons (Fsp3) is 0.688. The number of aromatic amines is 1. The number of aromatic nitrogens is 1. The van der Waals surface area contributed by atoms with Gasteiger partial charge in [0.05, 0.1) is 0 Å². The van der Waals surface area contributed by atoms with E-state index in [9.17, 15) is 9.18 Å². The van der Waals surface area contributed by atoms with Crippen molar-refractivity contribution < 1.29 is 14.3 Å². The Balaban J connectivity index is 1.89. The first-order valence-electron chi connectivity index (χ1n) is 7.73. The molecule has 0 bridgehead atoms. The number of halogens is 1. The molecule has 1 aromatic heterocycles. The van der Waals surface area contributed by atoms with E-state index in [1.165, 1.54) is 25.7 Å². The lowest BCUT2D eigenvalue weighted by molar-refractivity contribution is 0.0686. The molecule has 1 fully saturated rings. The van der Waals surface area contributed by atoms with Gasteiger partial charge in [0, 0.05) is 11.8 Å². The highest BCUT2D eigenvalue weighted by molar-refractivity contribution is 5.86. The highest BCUT2D eigenvalue weighted by Gasteiger charge is 2.27. The first kappa shape index (κ1) is 15.1. The molecule has 1 saturated carbocycles. The molecule has 0 saturated heterocycles. The molecule has 0 aliphatic heterocycles. The van der Waals surface area contributed by atoms with Crippen LogP contribution in [0.25, 0.3) is 0 Å². The number of nitrogens with one attached hydrogen (secondary N) is 1. The van der Waals surface area contributed by atoms with Crippen molar-refractivity contribution in [3.8, 4) is 0 Å². The van der Waals surface area contributed by atoms with Gasteiger partial charge in [0.2, 0.25) is 0 Å². The number of rotatable bonds is 6. The Hall–Kier alpha value is -1.32. The van der Waals surface area contributed by atoms with E-state index in [4.69, 9.17) is 5.11 Å². The van der Waals surface area contributed by atoms with E-state index < -0.39 is 11.8 Å². The van der Waals surface area contributed by atoms with E-state index in [2.05, 4.69) is 11.9 Å². The molecular weight excluding hydrogens is 257 g/mol. The zero-order valence-electron chi connectivity index (χ0n) is 12.1. The van der Waals surface area contributed by atoms with Crippen LogP contribution in [-0.4, -0.2) is 16.1 Å². The van der Waals surface area contributed by atoms with Crippen LogP contribution in [0.1, 0.15) is 80.3 Å². The molecule has 0 atom stereocenters. The predicted molar refractivity (Wildman–Crippen MR) is 76.6 cm³/mol. The molecule has 2 N–H and O–H groups in total. The van der Waals surface area contributed by atoms with Crippen LogP contribution in [0.5, 0.6) is 0 Å². The fourth-order valence-corrected chi connectivity index (χ4v) is 3.32. The standard InChI is InChI=1S/C16H24FNO2/c1-2-3-4-5-11-6-8-12(9-7-11)13-10-18-15(14(13)17)16(19)20/h10-12,18H,2-9H2,1H3,(H,19,20)/t11-,12+. The first-order valence-corrected chi connectivity index (χ1v) is 7.73. The molecule has 0 aromatic carbocycles. The normalized spacial score (nSPS) is 22.9. The van der Waals surface area contributed by atoms with Gasteiger partial charge in [0.1, 0.15) is 0 Å². The van der Waals surface area contributed by atoms with Crippen LogP contribution < -0.4 is 0 Å². The summed E-state index contributed by atoms with van der Waals surface area (Å²) in [6.07, 6.45) is 10.9. The molecule has 1 aromatic rings. The van der Waals surface area contributed by atoms with Gasteiger partial charge in [-0.05, 0) is 37.5 Å². The van der Waals surface area contributed by atoms with Gasteiger partial charge < -0.3 is 10.1 Å². The maximum absolute atomic E-state index is 14.0. The van der Waals surface area contributed by atoms with Gasteiger partial charge in [-0.1, -0.05) is 32.6 Å². The second-order valence-corrected chi connectivity index (χ2v) is 5.95. The van der Waals surface area contributed by atoms with Gasteiger partial charge in [-0.2, -0.15) is 0 Å². The lowest BCUT2D eigenvalue weighted by atomic mass is 9.77. The van der Waals surface area contributed by atoms with Crippen LogP contribution in [0.3, 0.4) is 0 Å². The van der Waals surface area contributed by atoms with E-state index in [1.54, 1.807) is 6.20 Å². The zero-order chi connectivity index (χ0) is 14.5. The summed E-state index contributed by atoms with van der Waals surface area (Å²) in [4.78, 5) is 13.4. The lowest BCUT2D eigenvalue weighted by Gasteiger charge is -2.28. The molecule has 2 rings (SSSR count). The van der Waals surface area contributed by atoms with Crippen LogP contribution in [0.15, 0.2) is 6.20 Å². The molecule has 1 aliphatic rings. The van der Waals surface area contributed by atoms with Gasteiger partial charge in [-0.25, -0.2) is 9.18 Å². The van der Waals surface area contributed by atoms with Crippen molar-refractivity contribution in [2.45, 2.75) is 64.2 Å². The summed E-state index contributed by atoms with van der Waals surface area (Å²) in [6, 6.07) is 0. The van der Waals surface area contributed by atoms with E-state index in [0.717, 1.165) is 31.6 Å². The van der Waals surface area contributed by atoms with Gasteiger partial charge in [-0.15, -0.1) is 0 Å². The van der Waals surface area contributed by atoms with Crippen LogP contribution in [0.4, 0.5) is 4.39 Å². The quantitative estimate of drug-likeness (QED) is 0.742. The fourth-order valence-electron chi connectivity index (χ4n) is 3.32. The van der Waals surface area contributed by atoms with Crippen molar-refractivity contribution in [2.75, 3.05) is 0 Å². The third-order valence-electron chi connectivity index (χ3n) is 4.56. The number of hydrogen-bond acceptors (Lipinski definition) is 1. The largest absolute Gasteiger partial charge is 0.476 e. The Morgan fingerprint density at radius 2 is 2.05 bits per heavy atom. The molecule has 1 aliphatic carbocycles. The number of aromatic carboxylic acids is 1. The molecular formula is C16H24FNO2. The minimum absolute atomic E-state index is 0.182. The molecule has 0 spiro atoms. The summed E-state index contributed by atoms with van der Waals surface area (Å²) < 4.78 is 14.0. The van der Waals surface area contributed by atoms with Gasteiger partial charge in [0.25, 0.3) is 0 Å². The minimum atomic E-state index is -1.22. The molecule has 20 heavy (non-hydrogen) atoms. The third-order valence-corrected chi connectivity index (χ3v) is 4.56. The maximum atomic E-state index is 14.0. The summed E-state index contributed by atoms with van der Waals surface area (Å²) in [6.45, 7) is 2.21. The summed E-state index contributed by atoms with van der Waals surface area (Å²) in [5.41, 5.74) is 0.263. The van der Waals surface area contributed by atoms with Gasteiger partial charge in [-0.3, -0.25) is 0 Å². The average Bonchev–Trinajstić information content (AvgIpc) is 2.82. The summed E-state index contributed by atoms with van der Waals surface area (Å²) in [7, 11) is 0. The van der Waals surface area contributed by atoms with Gasteiger partial charge in [0.15, 0.2) is 11.5 Å². The SMILES string of the molecule is CCCCC[C@H]1CC[C@@H](c2c[nH]c(C(=O)O)c2F)CC1. The van der Waals surface area contributed by atoms with Crippen molar-refractivity contribution >= 4 is 5.97 Å². The molecule has 112 valence electrons. The van der Waals surface area contributed by atoms with E-state index in [1.807, 2.05) is 0 Å². The monoisotopic (exact) mass is 281 g/mol. The molecule has 0 amide bonds. The van der Waals surface area contributed by atoms with Crippen molar-refractivity contribution in [3.63, 3.8) is 0 Å². The predicted octanol–water partition coefficient (Wildman–Crippen LogP) is 4.71.